The zero-order valence-electron chi connectivity index (χ0n) is 15.9. The van der Waals surface area contributed by atoms with Crippen LogP contribution in [-0.4, -0.2) is 47.7 Å². The Balaban J connectivity index is 1.70. The number of hydrogen-bond acceptors (Lipinski definition) is 9. The van der Waals surface area contributed by atoms with E-state index in [4.69, 9.17) is 9.47 Å². The van der Waals surface area contributed by atoms with Crippen LogP contribution in [0.4, 0.5) is 5.69 Å². The molecule has 0 radical (unpaired) electrons. The number of esters is 2. The van der Waals surface area contributed by atoms with Crippen LogP contribution in [0.3, 0.4) is 0 Å². The number of imide groups is 1. The molecule has 4 rings (SSSR count). The number of nitrogens with one attached hydrogen (secondary N) is 1. The number of methoxy groups -OCH3 is 1. The third kappa shape index (κ3) is 3.14. The lowest BCUT2D eigenvalue weighted by molar-refractivity contribution is -0.145. The number of amides is 2. The molecule has 2 aliphatic heterocycles. The molecule has 0 saturated carbocycles. The van der Waals surface area contributed by atoms with Crippen molar-refractivity contribution >= 4 is 52.5 Å². The number of rotatable bonds is 4. The third-order valence-electron chi connectivity index (χ3n) is 4.92. The number of aromatic amines is 1. The molecule has 0 unspecified atom stereocenters. The minimum atomic E-state index is -1.04. The largest absolute Gasteiger partial charge is 0.469 e. The summed E-state index contributed by atoms with van der Waals surface area (Å²) in [7, 11) is 1.20. The number of anilines is 1. The minimum absolute atomic E-state index is 0.228. The highest BCUT2D eigenvalue weighted by Crippen LogP contribution is 2.51. The normalized spacial score (nSPS) is 22.5. The highest BCUT2D eigenvalue weighted by Gasteiger charge is 2.58. The van der Waals surface area contributed by atoms with Crippen molar-refractivity contribution < 1.29 is 28.7 Å². The number of aromatic nitrogens is 1. The van der Waals surface area contributed by atoms with E-state index in [2.05, 4.69) is 4.98 Å². The summed E-state index contributed by atoms with van der Waals surface area (Å²) in [4.78, 5) is 66.1. The summed E-state index contributed by atoms with van der Waals surface area (Å²) in [6, 6.07) is 5.90. The number of carbonyl (C=O) groups is 4. The quantitative estimate of drug-likeness (QED) is 0.552. The first-order chi connectivity index (χ1) is 14.4. The van der Waals surface area contributed by atoms with E-state index in [1.54, 1.807) is 6.92 Å². The number of fused-ring (bicyclic) bond motifs is 2. The Hall–Kier alpha value is -2.92. The van der Waals surface area contributed by atoms with Crippen molar-refractivity contribution in [2.24, 2.45) is 5.92 Å². The molecule has 0 bridgehead atoms. The second-order valence-electron chi connectivity index (χ2n) is 6.55. The molecule has 0 spiro atoms. The fraction of sp³-hybridized carbons (Fsp3) is 0.316. The molecule has 2 amide bonds. The highest BCUT2D eigenvalue weighted by molar-refractivity contribution is 8.00. The van der Waals surface area contributed by atoms with Crippen LogP contribution in [0, 0.1) is 5.92 Å². The minimum Gasteiger partial charge on any atom is -0.469 e. The zero-order valence-corrected chi connectivity index (χ0v) is 17.5. The van der Waals surface area contributed by atoms with E-state index in [0.29, 0.717) is 15.5 Å². The van der Waals surface area contributed by atoms with Crippen LogP contribution in [0.15, 0.2) is 34.1 Å². The van der Waals surface area contributed by atoms with E-state index in [1.165, 1.54) is 31.4 Å². The van der Waals surface area contributed by atoms with E-state index in [0.717, 1.165) is 28.0 Å². The van der Waals surface area contributed by atoms with Gasteiger partial charge in [-0.05, 0) is 31.2 Å². The van der Waals surface area contributed by atoms with Gasteiger partial charge in [0, 0.05) is 0 Å². The van der Waals surface area contributed by atoms with Gasteiger partial charge in [-0.2, -0.15) is 0 Å². The fourth-order valence-electron chi connectivity index (χ4n) is 3.61. The molecule has 1 saturated heterocycles. The lowest BCUT2D eigenvalue weighted by atomic mass is 9.89. The van der Waals surface area contributed by atoms with Gasteiger partial charge in [0.1, 0.15) is 11.2 Å². The van der Waals surface area contributed by atoms with E-state index in [9.17, 15) is 24.0 Å². The molecule has 156 valence electrons. The van der Waals surface area contributed by atoms with Gasteiger partial charge in [-0.1, -0.05) is 23.1 Å². The molecule has 2 aromatic rings. The number of thiazole rings is 1. The van der Waals surface area contributed by atoms with Crippen LogP contribution >= 0.6 is 23.1 Å². The molecule has 1 aromatic carbocycles. The first-order valence-corrected chi connectivity index (χ1v) is 10.7. The molecule has 0 aliphatic carbocycles. The summed E-state index contributed by atoms with van der Waals surface area (Å²) in [5.41, 5.74) is 0.576. The smallest absolute Gasteiger partial charge is 0.338 e. The van der Waals surface area contributed by atoms with Crippen LogP contribution in [0.5, 0.6) is 0 Å². The molecule has 2 aliphatic rings. The maximum Gasteiger partial charge on any atom is 0.338 e. The number of thioether (sulfide) groups is 1. The van der Waals surface area contributed by atoms with Crippen molar-refractivity contribution in [3.05, 3.63) is 44.4 Å². The molecule has 3 atom stereocenters. The Labute approximate surface area is 178 Å². The Morgan fingerprint density at radius 2 is 1.83 bits per heavy atom. The van der Waals surface area contributed by atoms with Gasteiger partial charge in [0.25, 0.3) is 0 Å². The van der Waals surface area contributed by atoms with Gasteiger partial charge in [0.15, 0.2) is 0 Å². The second-order valence-corrected chi connectivity index (χ2v) is 8.72. The molecule has 1 fully saturated rings. The molecule has 11 heteroatoms. The third-order valence-corrected chi connectivity index (χ3v) is 7.32. The lowest BCUT2D eigenvalue weighted by Gasteiger charge is -2.27. The number of H-pyrrole nitrogens is 1. The predicted octanol–water partition coefficient (Wildman–Crippen LogP) is 1.53. The van der Waals surface area contributed by atoms with Crippen LogP contribution in [0.1, 0.15) is 28.1 Å². The Morgan fingerprint density at radius 3 is 2.47 bits per heavy atom. The van der Waals surface area contributed by atoms with Gasteiger partial charge in [-0.15, -0.1) is 0 Å². The van der Waals surface area contributed by atoms with Crippen LogP contribution in [-0.2, 0) is 23.9 Å². The van der Waals surface area contributed by atoms with Gasteiger partial charge >= 0.3 is 16.8 Å². The van der Waals surface area contributed by atoms with Gasteiger partial charge in [-0.3, -0.25) is 19.2 Å². The van der Waals surface area contributed by atoms with Crippen molar-refractivity contribution in [2.45, 2.75) is 23.1 Å². The molecule has 3 heterocycles. The fourth-order valence-corrected chi connectivity index (χ4v) is 6.09. The molecular formula is C19H16N2O7S2. The number of benzene rings is 1. The summed E-state index contributed by atoms with van der Waals surface area (Å²) in [6.45, 7) is 1.92. The number of nitrogens with zero attached hydrogens (tertiary/aromatic N) is 1. The summed E-state index contributed by atoms with van der Waals surface area (Å²) in [5, 5.41) is -0.466. The maximum atomic E-state index is 13.2. The standard InChI is InChI=1S/C19H16N2O7S2/c1-3-28-17(24)8-4-6-9(7-5-8)21-15(22)10-11(18(25)27-2)12-14(20-19(26)30-12)29-13(10)16(21)23/h4-7,10-11,13H,3H2,1-2H3,(H,20,26)/t10-,11+,13+/m0/s1. The van der Waals surface area contributed by atoms with E-state index in [-0.39, 0.29) is 17.2 Å². The van der Waals surface area contributed by atoms with Crippen LogP contribution in [0.25, 0.3) is 0 Å². The second kappa shape index (κ2) is 7.73. The number of hydrogen-bond donors (Lipinski definition) is 1. The summed E-state index contributed by atoms with van der Waals surface area (Å²) in [6.07, 6.45) is 0. The average molecular weight is 448 g/mol. The Morgan fingerprint density at radius 1 is 1.13 bits per heavy atom. The first-order valence-electron chi connectivity index (χ1n) is 8.99. The molecular weight excluding hydrogens is 432 g/mol. The van der Waals surface area contributed by atoms with Crippen molar-refractivity contribution in [1.82, 2.24) is 4.98 Å². The predicted molar refractivity (Wildman–Crippen MR) is 108 cm³/mol. The zero-order chi connectivity index (χ0) is 21.6. The van der Waals surface area contributed by atoms with Crippen LogP contribution < -0.4 is 9.77 Å². The van der Waals surface area contributed by atoms with Gasteiger partial charge in [-0.25, -0.2) is 9.69 Å². The number of carbonyl (C=O) groups excluding carboxylic acids is 4. The molecule has 30 heavy (non-hydrogen) atoms. The van der Waals surface area contributed by atoms with Gasteiger partial charge < -0.3 is 14.5 Å². The van der Waals surface area contributed by atoms with Crippen molar-refractivity contribution in [3.63, 3.8) is 0 Å². The van der Waals surface area contributed by atoms with E-state index in [1.807, 2.05) is 0 Å². The number of ether oxygens (including phenoxy) is 2. The SMILES string of the molecule is CCOC(=O)c1ccc(N2C(=O)[C@@H]3[C@@H](Sc4[nH]c(=O)sc4[C@@H]3C(=O)OC)C2=O)cc1. The van der Waals surface area contributed by atoms with Gasteiger partial charge in [0.05, 0.1) is 40.8 Å². The molecule has 9 nitrogen and oxygen atoms in total. The Bertz CT molecular complexity index is 1100. The van der Waals surface area contributed by atoms with Crippen molar-refractivity contribution in [1.29, 1.82) is 0 Å². The van der Waals surface area contributed by atoms with E-state index < -0.39 is 40.8 Å². The molecule has 1 aromatic heterocycles. The Kier molecular flexibility index (Phi) is 5.24. The van der Waals surface area contributed by atoms with Crippen molar-refractivity contribution in [3.8, 4) is 0 Å². The van der Waals surface area contributed by atoms with E-state index >= 15 is 0 Å². The molecule has 1 N–H and O–H groups in total. The topological polar surface area (TPSA) is 123 Å². The van der Waals surface area contributed by atoms with Crippen molar-refractivity contribution in [2.75, 3.05) is 18.6 Å². The summed E-state index contributed by atoms with van der Waals surface area (Å²) >= 11 is 1.90. The monoisotopic (exact) mass is 448 g/mol. The summed E-state index contributed by atoms with van der Waals surface area (Å²) < 4.78 is 9.80. The van der Waals surface area contributed by atoms with Gasteiger partial charge in [0.2, 0.25) is 11.8 Å². The highest BCUT2D eigenvalue weighted by atomic mass is 32.2. The maximum absolute atomic E-state index is 13.2. The summed E-state index contributed by atoms with van der Waals surface area (Å²) in [5.74, 6) is -4.26. The average Bonchev–Trinajstić information content (AvgIpc) is 3.22. The van der Waals surface area contributed by atoms with Crippen LogP contribution in [0.2, 0.25) is 0 Å². The first kappa shape index (κ1) is 20.4. The lowest BCUT2D eigenvalue weighted by Crippen LogP contribution is -2.35.